The number of hydrogen-bond donors (Lipinski definition) is 1. The highest BCUT2D eigenvalue weighted by Crippen LogP contribution is 2.57. The number of methoxy groups -OCH3 is 6. The largest absolute Gasteiger partial charge is 0.493 e. The monoisotopic (exact) mass is 432 g/mol. The maximum Gasteiger partial charge on any atom is 0.203 e. The van der Waals surface area contributed by atoms with Gasteiger partial charge in [-0.2, -0.15) is 0 Å². The molecule has 0 aromatic heterocycles. The summed E-state index contributed by atoms with van der Waals surface area (Å²) in [5.74, 6) is 3.13. The fraction of sp³-hybridized carbons (Fsp3) is 0.500. The Morgan fingerprint density at radius 1 is 0.677 bits per heavy atom. The number of aliphatic hydroxyl groups excluding tert-OH is 1. The summed E-state index contributed by atoms with van der Waals surface area (Å²) >= 11 is 0. The molecule has 1 aliphatic rings. The Labute approximate surface area is 183 Å². The summed E-state index contributed by atoms with van der Waals surface area (Å²) in [6.45, 7) is 4.18. The van der Waals surface area contributed by atoms with Crippen molar-refractivity contribution < 1.29 is 33.5 Å². The molecule has 0 heterocycles. The summed E-state index contributed by atoms with van der Waals surface area (Å²) in [7, 11) is 9.46. The van der Waals surface area contributed by atoms with Crippen molar-refractivity contribution >= 4 is 0 Å². The average molecular weight is 433 g/mol. The summed E-state index contributed by atoms with van der Waals surface area (Å²) in [5, 5.41) is 11.4. The summed E-state index contributed by atoms with van der Waals surface area (Å²) in [4.78, 5) is 0. The van der Waals surface area contributed by atoms with Crippen LogP contribution in [0, 0.1) is 11.8 Å². The van der Waals surface area contributed by atoms with Crippen LogP contribution in [0.2, 0.25) is 0 Å². The molecule has 1 N–H and O–H groups in total. The Hall–Kier alpha value is -2.80. The molecule has 0 aliphatic heterocycles. The molecule has 0 radical (unpaired) electrons. The van der Waals surface area contributed by atoms with E-state index in [1.165, 1.54) is 0 Å². The van der Waals surface area contributed by atoms with Crippen LogP contribution in [-0.2, 0) is 6.42 Å². The third kappa shape index (κ3) is 3.61. The van der Waals surface area contributed by atoms with Crippen molar-refractivity contribution in [1.29, 1.82) is 0 Å². The van der Waals surface area contributed by atoms with E-state index in [1.807, 2.05) is 19.1 Å². The first-order valence-corrected chi connectivity index (χ1v) is 10.2. The number of aliphatic hydroxyl groups is 1. The lowest BCUT2D eigenvalue weighted by atomic mass is 9.76. The molecule has 0 saturated heterocycles. The van der Waals surface area contributed by atoms with Gasteiger partial charge in [-0.05, 0) is 41.5 Å². The van der Waals surface area contributed by atoms with E-state index >= 15 is 0 Å². The van der Waals surface area contributed by atoms with Crippen molar-refractivity contribution in [2.24, 2.45) is 11.8 Å². The second kappa shape index (κ2) is 9.14. The minimum atomic E-state index is -0.746. The van der Waals surface area contributed by atoms with Gasteiger partial charge in [0.2, 0.25) is 11.5 Å². The number of rotatable bonds is 6. The first kappa shape index (κ1) is 22.9. The molecule has 3 atom stereocenters. The van der Waals surface area contributed by atoms with E-state index < -0.39 is 6.10 Å². The summed E-state index contributed by atoms with van der Waals surface area (Å²) in [6, 6.07) is 3.79. The predicted octanol–water partition coefficient (Wildman–Crippen LogP) is 4.27. The van der Waals surface area contributed by atoms with E-state index in [4.69, 9.17) is 28.4 Å². The molecule has 7 heteroatoms. The molecule has 0 saturated carbocycles. The van der Waals surface area contributed by atoms with Gasteiger partial charge in [-0.15, -0.1) is 0 Å². The van der Waals surface area contributed by atoms with Gasteiger partial charge in [-0.25, -0.2) is 0 Å². The molecule has 0 bridgehead atoms. The van der Waals surface area contributed by atoms with Crippen LogP contribution in [0.1, 0.15) is 31.1 Å². The zero-order valence-electron chi connectivity index (χ0n) is 19.5. The Morgan fingerprint density at radius 3 is 1.65 bits per heavy atom. The van der Waals surface area contributed by atoms with Crippen LogP contribution >= 0.6 is 0 Å². The van der Waals surface area contributed by atoms with E-state index in [-0.39, 0.29) is 11.8 Å². The van der Waals surface area contributed by atoms with Gasteiger partial charge < -0.3 is 33.5 Å². The Morgan fingerprint density at radius 2 is 1.16 bits per heavy atom. The third-order valence-corrected chi connectivity index (χ3v) is 6.28. The quantitative estimate of drug-likeness (QED) is 0.731. The highest BCUT2D eigenvalue weighted by molar-refractivity contribution is 5.88. The number of ether oxygens (including phenoxy) is 6. The molecule has 7 nitrogen and oxygen atoms in total. The van der Waals surface area contributed by atoms with Gasteiger partial charge in [-0.3, -0.25) is 0 Å². The van der Waals surface area contributed by atoms with Crippen molar-refractivity contribution in [2.45, 2.75) is 26.4 Å². The van der Waals surface area contributed by atoms with Crippen molar-refractivity contribution in [3.63, 3.8) is 0 Å². The maximum atomic E-state index is 11.4. The van der Waals surface area contributed by atoms with E-state index in [0.29, 0.717) is 52.0 Å². The van der Waals surface area contributed by atoms with Crippen LogP contribution < -0.4 is 28.4 Å². The molecular formula is C24H32O7. The van der Waals surface area contributed by atoms with E-state index in [0.717, 1.165) is 11.1 Å². The highest BCUT2D eigenvalue weighted by Gasteiger charge is 2.36. The zero-order valence-corrected chi connectivity index (χ0v) is 19.5. The first-order chi connectivity index (χ1) is 14.9. The molecule has 0 fully saturated rings. The van der Waals surface area contributed by atoms with Crippen molar-refractivity contribution in [3.05, 3.63) is 23.3 Å². The molecule has 0 amide bonds. The van der Waals surface area contributed by atoms with Gasteiger partial charge in [0.25, 0.3) is 0 Å². The summed E-state index contributed by atoms with van der Waals surface area (Å²) in [6.07, 6.45) is -0.0361. The maximum absolute atomic E-state index is 11.4. The van der Waals surface area contributed by atoms with Gasteiger partial charge in [-0.1, -0.05) is 13.8 Å². The first-order valence-electron chi connectivity index (χ1n) is 10.2. The van der Waals surface area contributed by atoms with E-state index in [1.54, 1.807) is 42.7 Å². The van der Waals surface area contributed by atoms with Gasteiger partial charge in [0.1, 0.15) is 0 Å². The van der Waals surface area contributed by atoms with Crippen LogP contribution in [-0.4, -0.2) is 47.8 Å². The second-order valence-electron chi connectivity index (χ2n) is 7.77. The minimum absolute atomic E-state index is 0.0196. The van der Waals surface area contributed by atoms with Gasteiger partial charge >= 0.3 is 0 Å². The number of fused-ring (bicyclic) bond motifs is 3. The van der Waals surface area contributed by atoms with E-state index in [9.17, 15) is 5.11 Å². The molecule has 31 heavy (non-hydrogen) atoms. The molecule has 1 aliphatic carbocycles. The predicted molar refractivity (Wildman–Crippen MR) is 118 cm³/mol. The molecule has 2 aromatic rings. The standard InChI is InChI=1S/C24H32O7/c1-12-9-14-10-16(26-3)21(28-5)23(30-7)18(14)19-15(20(25)13(12)2)11-17(27-4)22(29-6)24(19)31-8/h10-13,20,25H,9H2,1-8H3/t12-,13+,20+/m1/s1. The molecule has 2 aromatic carbocycles. The Balaban J connectivity index is 2.56. The lowest BCUT2D eigenvalue weighted by Gasteiger charge is -2.33. The molecule has 170 valence electrons. The number of hydrogen-bond acceptors (Lipinski definition) is 7. The van der Waals surface area contributed by atoms with Crippen molar-refractivity contribution in [1.82, 2.24) is 0 Å². The molecule has 0 spiro atoms. The van der Waals surface area contributed by atoms with Crippen LogP contribution in [0.5, 0.6) is 34.5 Å². The summed E-state index contributed by atoms with van der Waals surface area (Å²) in [5.41, 5.74) is 3.16. The van der Waals surface area contributed by atoms with E-state index in [2.05, 4.69) is 6.92 Å². The van der Waals surface area contributed by atoms with Crippen molar-refractivity contribution in [3.8, 4) is 45.6 Å². The Kier molecular flexibility index (Phi) is 6.74. The SMILES string of the molecule is COc1cc2c(c(OC)c1OC)-c1c(cc(OC)c(OC)c1OC)[C@@H](O)[C@@H](C)[C@H](C)C2. The smallest absolute Gasteiger partial charge is 0.203 e. The average Bonchev–Trinajstić information content (AvgIpc) is 2.79. The molecule has 3 rings (SSSR count). The minimum Gasteiger partial charge on any atom is -0.493 e. The zero-order chi connectivity index (χ0) is 22.9. The van der Waals surface area contributed by atoms with Crippen molar-refractivity contribution in [2.75, 3.05) is 42.7 Å². The summed E-state index contributed by atoms with van der Waals surface area (Å²) < 4.78 is 34.1. The van der Waals surface area contributed by atoms with Crippen LogP contribution in [0.3, 0.4) is 0 Å². The molecule has 0 unspecified atom stereocenters. The van der Waals surface area contributed by atoms with Gasteiger partial charge in [0.15, 0.2) is 23.0 Å². The van der Waals surface area contributed by atoms with Crippen LogP contribution in [0.4, 0.5) is 0 Å². The van der Waals surface area contributed by atoms with Crippen LogP contribution in [0.25, 0.3) is 11.1 Å². The topological polar surface area (TPSA) is 75.6 Å². The van der Waals surface area contributed by atoms with Gasteiger partial charge in [0.05, 0.1) is 48.8 Å². The van der Waals surface area contributed by atoms with Crippen LogP contribution in [0.15, 0.2) is 12.1 Å². The second-order valence-corrected chi connectivity index (χ2v) is 7.77. The molecular weight excluding hydrogens is 400 g/mol. The fourth-order valence-electron chi connectivity index (χ4n) is 4.44. The fourth-order valence-corrected chi connectivity index (χ4v) is 4.44. The Bertz CT molecular complexity index is 954. The lowest BCUT2D eigenvalue weighted by molar-refractivity contribution is 0.0862. The lowest BCUT2D eigenvalue weighted by Crippen LogP contribution is -2.23. The number of benzene rings is 2. The normalized spacial score (nSPS) is 20.0. The van der Waals surface area contributed by atoms with Gasteiger partial charge in [0, 0.05) is 11.1 Å². The highest BCUT2D eigenvalue weighted by atomic mass is 16.5. The third-order valence-electron chi connectivity index (χ3n) is 6.28.